The van der Waals surface area contributed by atoms with Gasteiger partial charge in [0.1, 0.15) is 5.75 Å². The molecule has 2 saturated heterocycles. The first-order chi connectivity index (χ1) is 9.78. The normalized spacial score (nSPS) is 30.7. The van der Waals surface area contributed by atoms with E-state index in [2.05, 4.69) is 10.6 Å². The van der Waals surface area contributed by atoms with Crippen molar-refractivity contribution < 1.29 is 9.53 Å². The summed E-state index contributed by atoms with van der Waals surface area (Å²) in [6.45, 7) is 0.734. The number of carbonyl (C=O) groups excluding carboxylic acids is 1. The zero-order chi connectivity index (χ0) is 13.5. The molecule has 2 bridgehead atoms. The fourth-order valence-electron chi connectivity index (χ4n) is 3.77. The van der Waals surface area contributed by atoms with E-state index in [1.807, 2.05) is 18.2 Å². The van der Waals surface area contributed by atoms with Crippen LogP contribution in [0.15, 0.2) is 18.2 Å². The van der Waals surface area contributed by atoms with E-state index >= 15 is 0 Å². The Morgan fingerprint density at radius 1 is 1.25 bits per heavy atom. The summed E-state index contributed by atoms with van der Waals surface area (Å²) < 4.78 is 5.48. The predicted molar refractivity (Wildman–Crippen MR) is 76.1 cm³/mol. The highest BCUT2D eigenvalue weighted by Gasteiger charge is 2.34. The predicted octanol–water partition coefficient (Wildman–Crippen LogP) is 1.63. The molecule has 3 heterocycles. The molecule has 1 aromatic carbocycles. The maximum Gasteiger partial charge on any atom is 0.251 e. The fourth-order valence-corrected chi connectivity index (χ4v) is 3.77. The third-order valence-corrected chi connectivity index (χ3v) is 4.76. The summed E-state index contributed by atoms with van der Waals surface area (Å²) in [7, 11) is 0. The Kier molecular flexibility index (Phi) is 2.91. The zero-order valence-corrected chi connectivity index (χ0v) is 11.5. The van der Waals surface area contributed by atoms with Crippen molar-refractivity contribution in [2.75, 3.05) is 6.61 Å². The molecule has 1 amide bonds. The average Bonchev–Trinajstić information content (AvgIpc) is 3.04. The Hall–Kier alpha value is -1.55. The van der Waals surface area contributed by atoms with Gasteiger partial charge in [0.2, 0.25) is 0 Å². The van der Waals surface area contributed by atoms with Crippen LogP contribution in [0.4, 0.5) is 0 Å². The quantitative estimate of drug-likeness (QED) is 0.860. The topological polar surface area (TPSA) is 50.4 Å². The first-order valence-corrected chi connectivity index (χ1v) is 7.60. The molecule has 2 fully saturated rings. The Labute approximate surface area is 118 Å². The van der Waals surface area contributed by atoms with Crippen LogP contribution in [0.5, 0.6) is 5.75 Å². The van der Waals surface area contributed by atoms with E-state index in [1.54, 1.807) is 0 Å². The zero-order valence-electron chi connectivity index (χ0n) is 11.5. The molecule has 4 heteroatoms. The maximum atomic E-state index is 12.4. The lowest BCUT2D eigenvalue weighted by Crippen LogP contribution is -2.48. The molecule has 106 valence electrons. The highest BCUT2D eigenvalue weighted by atomic mass is 16.5. The second-order valence-electron chi connectivity index (χ2n) is 6.20. The summed E-state index contributed by atoms with van der Waals surface area (Å²) >= 11 is 0. The lowest BCUT2D eigenvalue weighted by atomic mass is 9.99. The lowest BCUT2D eigenvalue weighted by Gasteiger charge is -2.29. The van der Waals surface area contributed by atoms with Gasteiger partial charge < -0.3 is 15.4 Å². The van der Waals surface area contributed by atoms with Crippen molar-refractivity contribution in [2.45, 2.75) is 50.2 Å². The molecule has 4 rings (SSSR count). The number of hydrogen-bond acceptors (Lipinski definition) is 3. The number of amides is 1. The second kappa shape index (κ2) is 4.77. The molecule has 2 unspecified atom stereocenters. The van der Waals surface area contributed by atoms with Crippen molar-refractivity contribution in [1.29, 1.82) is 0 Å². The smallest absolute Gasteiger partial charge is 0.251 e. The highest BCUT2D eigenvalue weighted by Crippen LogP contribution is 2.28. The highest BCUT2D eigenvalue weighted by molar-refractivity contribution is 5.94. The van der Waals surface area contributed by atoms with Crippen LogP contribution in [0.25, 0.3) is 0 Å². The molecular formula is C16H20N2O2. The van der Waals surface area contributed by atoms with Gasteiger partial charge in [0.05, 0.1) is 6.61 Å². The first kappa shape index (κ1) is 12.2. The van der Waals surface area contributed by atoms with Gasteiger partial charge in [-0.15, -0.1) is 0 Å². The summed E-state index contributed by atoms with van der Waals surface area (Å²) in [4.78, 5) is 12.4. The Balaban J connectivity index is 1.45. The molecule has 1 aromatic rings. The molecule has 2 N–H and O–H groups in total. The molecule has 0 aromatic heterocycles. The van der Waals surface area contributed by atoms with Crippen LogP contribution in [0.3, 0.4) is 0 Å². The van der Waals surface area contributed by atoms with Crippen molar-refractivity contribution in [3.63, 3.8) is 0 Å². The molecule has 0 saturated carbocycles. The number of nitrogens with one attached hydrogen (secondary N) is 2. The van der Waals surface area contributed by atoms with E-state index in [4.69, 9.17) is 4.74 Å². The largest absolute Gasteiger partial charge is 0.493 e. The fraction of sp³-hybridized carbons (Fsp3) is 0.562. The van der Waals surface area contributed by atoms with Gasteiger partial charge in [-0.1, -0.05) is 0 Å². The van der Waals surface area contributed by atoms with Crippen molar-refractivity contribution in [3.05, 3.63) is 29.3 Å². The summed E-state index contributed by atoms with van der Waals surface area (Å²) in [6.07, 6.45) is 5.56. The number of hydrogen-bond donors (Lipinski definition) is 2. The minimum Gasteiger partial charge on any atom is -0.493 e. The van der Waals surface area contributed by atoms with Gasteiger partial charge in [0, 0.05) is 30.1 Å². The third kappa shape index (κ3) is 2.18. The molecule has 0 aliphatic carbocycles. The van der Waals surface area contributed by atoms with E-state index < -0.39 is 0 Å². The number of rotatable bonds is 2. The summed E-state index contributed by atoms with van der Waals surface area (Å²) in [5.74, 6) is 0.993. The molecular weight excluding hydrogens is 252 g/mol. The van der Waals surface area contributed by atoms with Crippen molar-refractivity contribution in [1.82, 2.24) is 10.6 Å². The summed E-state index contributed by atoms with van der Waals surface area (Å²) in [6, 6.07) is 7.30. The van der Waals surface area contributed by atoms with E-state index in [1.165, 1.54) is 12.8 Å². The molecule has 0 radical (unpaired) electrons. The Morgan fingerprint density at radius 3 is 2.85 bits per heavy atom. The number of ether oxygens (including phenoxy) is 1. The van der Waals surface area contributed by atoms with E-state index in [0.29, 0.717) is 18.1 Å². The second-order valence-corrected chi connectivity index (χ2v) is 6.20. The average molecular weight is 272 g/mol. The standard InChI is InChI=1S/C16H20N2O2/c19-16(11-1-4-15-10(7-11)5-6-20-15)18-14-8-12-2-3-13(9-14)17-12/h1,4,7,12-14,17H,2-3,5-6,8-9H2,(H,18,19). The van der Waals surface area contributed by atoms with Gasteiger partial charge in [-0.25, -0.2) is 0 Å². The third-order valence-electron chi connectivity index (χ3n) is 4.76. The van der Waals surface area contributed by atoms with Crippen LogP contribution >= 0.6 is 0 Å². The van der Waals surface area contributed by atoms with Gasteiger partial charge >= 0.3 is 0 Å². The number of fused-ring (bicyclic) bond motifs is 3. The first-order valence-electron chi connectivity index (χ1n) is 7.60. The van der Waals surface area contributed by atoms with Crippen LogP contribution in [0.1, 0.15) is 41.6 Å². The summed E-state index contributed by atoms with van der Waals surface area (Å²) in [5.41, 5.74) is 1.92. The molecule has 2 atom stereocenters. The van der Waals surface area contributed by atoms with Crippen LogP contribution in [-0.2, 0) is 6.42 Å². The monoisotopic (exact) mass is 272 g/mol. The number of benzene rings is 1. The Bertz CT molecular complexity index is 531. The van der Waals surface area contributed by atoms with Gasteiger partial charge in [-0.2, -0.15) is 0 Å². The Morgan fingerprint density at radius 2 is 2.05 bits per heavy atom. The van der Waals surface area contributed by atoms with E-state index in [0.717, 1.165) is 42.7 Å². The van der Waals surface area contributed by atoms with Crippen molar-refractivity contribution in [3.8, 4) is 5.75 Å². The molecule has 0 spiro atoms. The van der Waals surface area contributed by atoms with Gasteiger partial charge in [-0.05, 0) is 49.4 Å². The molecule has 3 aliphatic rings. The van der Waals surface area contributed by atoms with Crippen LogP contribution < -0.4 is 15.4 Å². The van der Waals surface area contributed by atoms with Crippen LogP contribution in [0.2, 0.25) is 0 Å². The van der Waals surface area contributed by atoms with Crippen molar-refractivity contribution in [2.24, 2.45) is 0 Å². The molecule has 3 aliphatic heterocycles. The molecule has 20 heavy (non-hydrogen) atoms. The van der Waals surface area contributed by atoms with Gasteiger partial charge in [-0.3, -0.25) is 4.79 Å². The minimum absolute atomic E-state index is 0.0611. The van der Waals surface area contributed by atoms with Gasteiger partial charge in [0.25, 0.3) is 5.91 Å². The number of carbonyl (C=O) groups is 1. The van der Waals surface area contributed by atoms with E-state index in [9.17, 15) is 4.79 Å². The maximum absolute atomic E-state index is 12.4. The van der Waals surface area contributed by atoms with E-state index in [-0.39, 0.29) is 5.91 Å². The van der Waals surface area contributed by atoms with Crippen LogP contribution in [-0.4, -0.2) is 30.6 Å². The molecule has 4 nitrogen and oxygen atoms in total. The van der Waals surface area contributed by atoms with Crippen LogP contribution in [0, 0.1) is 0 Å². The van der Waals surface area contributed by atoms with Gasteiger partial charge in [0.15, 0.2) is 0 Å². The summed E-state index contributed by atoms with van der Waals surface area (Å²) in [5, 5.41) is 6.81. The SMILES string of the molecule is O=C(NC1CC2CCC(C1)N2)c1ccc2c(c1)CCO2. The number of piperidine rings is 1. The van der Waals surface area contributed by atoms with Crippen molar-refractivity contribution >= 4 is 5.91 Å². The lowest BCUT2D eigenvalue weighted by molar-refractivity contribution is 0.0924. The minimum atomic E-state index is 0.0611.